The average Bonchev–Trinajstić information content (AvgIpc) is 2.73. The lowest BCUT2D eigenvalue weighted by Crippen LogP contribution is -2.03. The molecule has 2 aromatic rings. The Bertz CT molecular complexity index is 688. The monoisotopic (exact) mass is 512 g/mol. The largest absolute Gasteiger partial charge is 0.493 e. The molecular weight excluding hydrogens is 480 g/mol. The Balaban J connectivity index is 2.04. The number of alkyl halides is 2. The number of fused-ring (bicyclic) bond motifs is 1. The third-order valence-corrected chi connectivity index (χ3v) is 6.10. The fourth-order valence-corrected chi connectivity index (χ4v) is 4.17. The van der Waals surface area contributed by atoms with Crippen LogP contribution in [0.5, 0.6) is 11.5 Å². The third-order valence-electron chi connectivity index (χ3n) is 4.97. The summed E-state index contributed by atoms with van der Waals surface area (Å²) in [5.74, 6) is 2.04. The number of unbranched alkanes of at least 4 members (excludes halogenated alkanes) is 6. The van der Waals surface area contributed by atoms with Gasteiger partial charge in [-0.3, -0.25) is 0 Å². The highest BCUT2D eigenvalue weighted by Crippen LogP contribution is 2.37. The van der Waals surface area contributed by atoms with Crippen molar-refractivity contribution in [2.24, 2.45) is 0 Å². The van der Waals surface area contributed by atoms with Crippen molar-refractivity contribution in [3.63, 3.8) is 0 Å². The number of aryl methyl sites for hydroxylation is 1. The highest BCUT2D eigenvalue weighted by molar-refractivity contribution is 9.09. The van der Waals surface area contributed by atoms with Crippen LogP contribution in [0.4, 0.5) is 0 Å². The van der Waals surface area contributed by atoms with Crippen LogP contribution in [0.15, 0.2) is 30.3 Å². The topological polar surface area (TPSA) is 18.5 Å². The number of ether oxygens (including phenoxy) is 2. The minimum absolute atomic E-state index is 0.781. The zero-order chi connectivity index (χ0) is 20.0. The first-order chi connectivity index (χ1) is 13.8. The molecule has 0 radical (unpaired) electrons. The van der Waals surface area contributed by atoms with E-state index in [4.69, 9.17) is 9.47 Å². The first-order valence-electron chi connectivity index (χ1n) is 10.7. The smallest absolute Gasteiger partial charge is 0.130 e. The van der Waals surface area contributed by atoms with E-state index in [9.17, 15) is 0 Å². The predicted octanol–water partition coefficient (Wildman–Crippen LogP) is 8.07. The van der Waals surface area contributed by atoms with Gasteiger partial charge >= 0.3 is 0 Å². The van der Waals surface area contributed by atoms with E-state index in [2.05, 4.69) is 69.1 Å². The molecule has 0 aliphatic rings. The SMILES string of the molecule is CCc1cc(OCCCCCCBr)c2ccccc2c1OCCCCCCBr. The van der Waals surface area contributed by atoms with E-state index < -0.39 is 0 Å². The van der Waals surface area contributed by atoms with Gasteiger partial charge in [-0.15, -0.1) is 0 Å². The van der Waals surface area contributed by atoms with E-state index in [0.717, 1.165) is 60.0 Å². The predicted molar refractivity (Wildman–Crippen MR) is 129 cm³/mol. The number of hydrogen-bond acceptors (Lipinski definition) is 2. The molecule has 0 saturated heterocycles. The van der Waals surface area contributed by atoms with Crippen LogP contribution in [0.1, 0.15) is 63.9 Å². The van der Waals surface area contributed by atoms with Gasteiger partial charge in [0.1, 0.15) is 11.5 Å². The van der Waals surface area contributed by atoms with Gasteiger partial charge in [-0.05, 0) is 43.7 Å². The summed E-state index contributed by atoms with van der Waals surface area (Å²) in [6.07, 6.45) is 10.6. The molecule has 28 heavy (non-hydrogen) atoms. The normalized spacial score (nSPS) is 11.1. The van der Waals surface area contributed by atoms with Crippen LogP contribution in [0.2, 0.25) is 0 Å². The Morgan fingerprint density at radius 3 is 1.89 bits per heavy atom. The van der Waals surface area contributed by atoms with Crippen molar-refractivity contribution in [2.75, 3.05) is 23.9 Å². The summed E-state index contributed by atoms with van der Waals surface area (Å²) in [7, 11) is 0. The molecule has 0 heterocycles. The zero-order valence-corrected chi connectivity index (χ0v) is 20.3. The lowest BCUT2D eigenvalue weighted by molar-refractivity contribution is 0.300. The van der Waals surface area contributed by atoms with Crippen molar-refractivity contribution < 1.29 is 9.47 Å². The fourth-order valence-electron chi connectivity index (χ4n) is 3.38. The second kappa shape index (κ2) is 14.3. The lowest BCUT2D eigenvalue weighted by atomic mass is 10.0. The van der Waals surface area contributed by atoms with Crippen molar-refractivity contribution in [1.29, 1.82) is 0 Å². The second-order valence-electron chi connectivity index (χ2n) is 7.17. The molecule has 156 valence electrons. The summed E-state index contributed by atoms with van der Waals surface area (Å²) in [5.41, 5.74) is 1.24. The average molecular weight is 514 g/mol. The second-order valence-corrected chi connectivity index (χ2v) is 8.75. The summed E-state index contributed by atoms with van der Waals surface area (Å²) >= 11 is 6.99. The van der Waals surface area contributed by atoms with E-state index in [1.165, 1.54) is 49.5 Å². The molecule has 0 bridgehead atoms. The molecule has 0 fully saturated rings. The summed E-state index contributed by atoms with van der Waals surface area (Å²) in [4.78, 5) is 0. The van der Waals surface area contributed by atoms with Crippen LogP contribution in [-0.2, 0) is 6.42 Å². The number of hydrogen-bond donors (Lipinski definition) is 0. The van der Waals surface area contributed by atoms with Gasteiger partial charge in [0.15, 0.2) is 0 Å². The maximum atomic E-state index is 6.27. The highest BCUT2D eigenvalue weighted by atomic mass is 79.9. The Morgan fingerprint density at radius 1 is 0.714 bits per heavy atom. The molecule has 4 heteroatoms. The van der Waals surface area contributed by atoms with Gasteiger partial charge < -0.3 is 9.47 Å². The van der Waals surface area contributed by atoms with Crippen molar-refractivity contribution in [3.05, 3.63) is 35.9 Å². The van der Waals surface area contributed by atoms with Crippen LogP contribution >= 0.6 is 31.9 Å². The van der Waals surface area contributed by atoms with Crippen LogP contribution in [0.25, 0.3) is 10.8 Å². The van der Waals surface area contributed by atoms with Crippen molar-refractivity contribution in [1.82, 2.24) is 0 Å². The molecule has 0 aliphatic carbocycles. The molecule has 0 amide bonds. The molecule has 0 unspecified atom stereocenters. The van der Waals surface area contributed by atoms with Gasteiger partial charge in [0.25, 0.3) is 0 Å². The van der Waals surface area contributed by atoms with E-state index in [-0.39, 0.29) is 0 Å². The highest BCUT2D eigenvalue weighted by Gasteiger charge is 2.13. The molecular formula is C24H34Br2O2. The van der Waals surface area contributed by atoms with Crippen molar-refractivity contribution in [3.8, 4) is 11.5 Å². The molecule has 0 spiro atoms. The standard InChI is InChI=1S/C24H34Br2O2/c1-2-20-19-23(27-17-11-5-3-9-15-25)21-13-7-8-14-22(21)24(20)28-18-12-6-4-10-16-26/h7-8,13-14,19H,2-6,9-12,15-18H2,1H3. The van der Waals surface area contributed by atoms with E-state index in [1.807, 2.05) is 0 Å². The summed E-state index contributed by atoms with van der Waals surface area (Å²) < 4.78 is 12.5. The maximum Gasteiger partial charge on any atom is 0.130 e. The molecule has 2 aromatic carbocycles. The number of halogens is 2. The molecule has 0 aliphatic heterocycles. The van der Waals surface area contributed by atoms with Gasteiger partial charge in [0.2, 0.25) is 0 Å². The van der Waals surface area contributed by atoms with Crippen LogP contribution < -0.4 is 9.47 Å². The van der Waals surface area contributed by atoms with Gasteiger partial charge in [-0.2, -0.15) is 0 Å². The Morgan fingerprint density at radius 2 is 1.29 bits per heavy atom. The minimum Gasteiger partial charge on any atom is -0.493 e. The van der Waals surface area contributed by atoms with Gasteiger partial charge in [-0.1, -0.05) is 88.7 Å². The van der Waals surface area contributed by atoms with Gasteiger partial charge in [0.05, 0.1) is 13.2 Å². The fraction of sp³-hybridized carbons (Fsp3) is 0.583. The van der Waals surface area contributed by atoms with Crippen LogP contribution in [0, 0.1) is 0 Å². The van der Waals surface area contributed by atoms with E-state index in [1.54, 1.807) is 0 Å². The molecule has 2 rings (SSSR count). The Hall–Kier alpha value is -0.740. The summed E-state index contributed by atoms with van der Waals surface area (Å²) in [6.45, 7) is 3.76. The zero-order valence-electron chi connectivity index (χ0n) is 17.2. The van der Waals surface area contributed by atoms with Gasteiger partial charge in [0, 0.05) is 21.4 Å². The third kappa shape index (κ3) is 7.59. The Kier molecular flexibility index (Phi) is 12.0. The van der Waals surface area contributed by atoms with Crippen molar-refractivity contribution >= 4 is 42.6 Å². The summed E-state index contributed by atoms with van der Waals surface area (Å²) in [6, 6.07) is 10.7. The maximum absolute atomic E-state index is 6.27. The number of benzene rings is 2. The molecule has 0 aromatic heterocycles. The molecule has 0 saturated carbocycles. The minimum atomic E-state index is 0.781. The van der Waals surface area contributed by atoms with E-state index >= 15 is 0 Å². The van der Waals surface area contributed by atoms with Crippen LogP contribution in [0.3, 0.4) is 0 Å². The Labute approximate surface area is 187 Å². The van der Waals surface area contributed by atoms with Gasteiger partial charge in [-0.25, -0.2) is 0 Å². The lowest BCUT2D eigenvalue weighted by Gasteiger charge is -2.17. The first-order valence-corrected chi connectivity index (χ1v) is 13.0. The molecule has 0 atom stereocenters. The molecule has 2 nitrogen and oxygen atoms in total. The quantitative estimate of drug-likeness (QED) is 0.177. The van der Waals surface area contributed by atoms with Crippen molar-refractivity contribution in [2.45, 2.75) is 64.7 Å². The molecule has 0 N–H and O–H groups in total. The van der Waals surface area contributed by atoms with E-state index in [0.29, 0.717) is 0 Å². The van der Waals surface area contributed by atoms with Crippen LogP contribution in [-0.4, -0.2) is 23.9 Å². The first kappa shape index (κ1) is 23.5. The number of rotatable bonds is 15. The summed E-state index contributed by atoms with van der Waals surface area (Å²) in [5, 5.41) is 4.53.